The van der Waals surface area contributed by atoms with E-state index in [-0.39, 0.29) is 12.1 Å². The van der Waals surface area contributed by atoms with Crippen LogP contribution in [0.15, 0.2) is 30.3 Å². The van der Waals surface area contributed by atoms with Crippen molar-refractivity contribution in [1.82, 2.24) is 10.2 Å². The molecule has 1 aromatic rings. The molecule has 1 amide bonds. The quantitative estimate of drug-likeness (QED) is 0.697. The molecule has 21 heavy (non-hydrogen) atoms. The van der Waals surface area contributed by atoms with Crippen LogP contribution in [0.4, 0.5) is 4.79 Å². The number of rotatable bonds is 6. The minimum absolute atomic E-state index is 0.00331. The normalized spacial score (nSPS) is 22.2. The summed E-state index contributed by atoms with van der Waals surface area (Å²) in [5.41, 5.74) is 6.72. The first-order valence-corrected chi connectivity index (χ1v) is 7.69. The third-order valence-electron chi connectivity index (χ3n) is 4.10. The molecule has 1 saturated heterocycles. The first-order valence-electron chi connectivity index (χ1n) is 7.69. The molecule has 1 aromatic carbocycles. The van der Waals surface area contributed by atoms with Gasteiger partial charge in [0.05, 0.1) is 6.04 Å². The summed E-state index contributed by atoms with van der Waals surface area (Å²) >= 11 is 0. The van der Waals surface area contributed by atoms with Crippen LogP contribution in [0.3, 0.4) is 0 Å². The largest absolute Gasteiger partial charge is 0.465 e. The van der Waals surface area contributed by atoms with Crippen LogP contribution in [0.5, 0.6) is 0 Å². The molecule has 0 saturated carbocycles. The number of piperidine rings is 1. The molecule has 4 N–H and O–H groups in total. The van der Waals surface area contributed by atoms with Gasteiger partial charge in [0.1, 0.15) is 0 Å². The Balaban J connectivity index is 2.07. The minimum atomic E-state index is -0.818. The summed E-state index contributed by atoms with van der Waals surface area (Å²) in [6, 6.07) is 10.3. The molecule has 0 spiro atoms. The van der Waals surface area contributed by atoms with Crippen LogP contribution in [0, 0.1) is 0 Å². The fraction of sp³-hybridized carbons (Fsp3) is 0.562. The fourth-order valence-electron chi connectivity index (χ4n) is 3.03. The number of amides is 1. The van der Waals surface area contributed by atoms with Gasteiger partial charge in [0.15, 0.2) is 0 Å². The highest BCUT2D eigenvalue weighted by molar-refractivity contribution is 5.65. The zero-order chi connectivity index (χ0) is 15.1. The van der Waals surface area contributed by atoms with Gasteiger partial charge in [0.2, 0.25) is 0 Å². The minimum Gasteiger partial charge on any atom is -0.465 e. The van der Waals surface area contributed by atoms with E-state index < -0.39 is 6.09 Å². The van der Waals surface area contributed by atoms with E-state index in [1.54, 1.807) is 4.90 Å². The van der Waals surface area contributed by atoms with Gasteiger partial charge in [0.25, 0.3) is 0 Å². The number of nitrogens with one attached hydrogen (secondary N) is 1. The average molecular weight is 291 g/mol. The number of carboxylic acid groups (broad SMARTS) is 1. The number of nitrogens with zero attached hydrogens (tertiary/aromatic N) is 1. The summed E-state index contributed by atoms with van der Waals surface area (Å²) in [4.78, 5) is 13.1. The molecule has 2 rings (SSSR count). The monoisotopic (exact) mass is 291 g/mol. The van der Waals surface area contributed by atoms with Crippen molar-refractivity contribution >= 4 is 6.09 Å². The molecule has 2 atom stereocenters. The van der Waals surface area contributed by atoms with Gasteiger partial charge in [-0.1, -0.05) is 30.3 Å². The average Bonchev–Trinajstić information content (AvgIpc) is 2.49. The standard InChI is InChI=1S/C16H25N3O2/c17-9-5-10-18-14-8-4-11-19(16(20)21)15(14)12-13-6-2-1-3-7-13/h1-3,6-7,14-15,18H,4-5,8-12,17H2,(H,20,21). The van der Waals surface area contributed by atoms with E-state index >= 15 is 0 Å². The summed E-state index contributed by atoms with van der Waals surface area (Å²) in [5, 5.41) is 12.9. The van der Waals surface area contributed by atoms with Crippen molar-refractivity contribution < 1.29 is 9.90 Å². The van der Waals surface area contributed by atoms with E-state index in [1.807, 2.05) is 18.2 Å². The molecular formula is C16H25N3O2. The van der Waals surface area contributed by atoms with Crippen LogP contribution in [-0.4, -0.2) is 47.8 Å². The van der Waals surface area contributed by atoms with Crippen molar-refractivity contribution in [1.29, 1.82) is 0 Å². The number of hydrogen-bond donors (Lipinski definition) is 3. The molecule has 0 aromatic heterocycles. The Labute approximate surface area is 126 Å². The Hall–Kier alpha value is -1.59. The maximum absolute atomic E-state index is 11.5. The van der Waals surface area contributed by atoms with Gasteiger partial charge in [-0.2, -0.15) is 0 Å². The van der Waals surface area contributed by atoms with Gasteiger partial charge < -0.3 is 21.1 Å². The van der Waals surface area contributed by atoms with E-state index in [0.29, 0.717) is 13.1 Å². The molecule has 1 fully saturated rings. The number of carbonyl (C=O) groups is 1. The highest BCUT2D eigenvalue weighted by Crippen LogP contribution is 2.21. The molecule has 2 unspecified atom stereocenters. The molecule has 0 aliphatic carbocycles. The Kier molecular flexibility index (Phi) is 6.02. The van der Waals surface area contributed by atoms with Crippen molar-refractivity contribution in [2.24, 2.45) is 5.73 Å². The second kappa shape index (κ2) is 8.00. The highest BCUT2D eigenvalue weighted by atomic mass is 16.4. The summed E-state index contributed by atoms with van der Waals surface area (Å²) in [6.45, 7) is 2.13. The third-order valence-corrected chi connectivity index (χ3v) is 4.10. The summed E-state index contributed by atoms with van der Waals surface area (Å²) in [6.07, 6.45) is 2.79. The summed E-state index contributed by atoms with van der Waals surface area (Å²) < 4.78 is 0. The van der Waals surface area contributed by atoms with Crippen molar-refractivity contribution in [2.45, 2.75) is 37.8 Å². The van der Waals surface area contributed by atoms with Crippen LogP contribution < -0.4 is 11.1 Å². The molecule has 1 aliphatic heterocycles. The zero-order valence-electron chi connectivity index (χ0n) is 12.4. The van der Waals surface area contributed by atoms with Gasteiger partial charge in [-0.3, -0.25) is 0 Å². The lowest BCUT2D eigenvalue weighted by atomic mass is 9.91. The Morgan fingerprint density at radius 1 is 1.38 bits per heavy atom. The van der Waals surface area contributed by atoms with E-state index in [2.05, 4.69) is 17.4 Å². The lowest BCUT2D eigenvalue weighted by Crippen LogP contribution is -2.56. The molecule has 0 bridgehead atoms. The first-order chi connectivity index (χ1) is 10.2. The number of nitrogens with two attached hydrogens (primary N) is 1. The summed E-state index contributed by atoms with van der Waals surface area (Å²) in [7, 11) is 0. The van der Waals surface area contributed by atoms with Gasteiger partial charge >= 0.3 is 6.09 Å². The smallest absolute Gasteiger partial charge is 0.407 e. The molecular weight excluding hydrogens is 266 g/mol. The van der Waals surface area contributed by atoms with Crippen LogP contribution in [0.1, 0.15) is 24.8 Å². The third kappa shape index (κ3) is 4.44. The van der Waals surface area contributed by atoms with Crippen molar-refractivity contribution in [2.75, 3.05) is 19.6 Å². The zero-order valence-corrected chi connectivity index (χ0v) is 12.4. The van der Waals surface area contributed by atoms with Gasteiger partial charge in [0, 0.05) is 12.6 Å². The SMILES string of the molecule is NCCCNC1CCCN(C(=O)O)C1Cc1ccccc1. The maximum atomic E-state index is 11.5. The number of hydrogen-bond acceptors (Lipinski definition) is 3. The lowest BCUT2D eigenvalue weighted by Gasteiger charge is -2.40. The van der Waals surface area contributed by atoms with Crippen molar-refractivity contribution in [3.8, 4) is 0 Å². The number of benzene rings is 1. The summed E-state index contributed by atoms with van der Waals surface area (Å²) in [5.74, 6) is 0. The van der Waals surface area contributed by atoms with E-state index in [0.717, 1.165) is 32.2 Å². The fourth-order valence-corrected chi connectivity index (χ4v) is 3.03. The van der Waals surface area contributed by atoms with Crippen molar-refractivity contribution in [3.63, 3.8) is 0 Å². The Bertz CT molecular complexity index is 438. The van der Waals surface area contributed by atoms with Crippen LogP contribution in [0.2, 0.25) is 0 Å². The van der Waals surface area contributed by atoms with E-state index in [1.165, 1.54) is 5.56 Å². The van der Waals surface area contributed by atoms with Crippen LogP contribution in [0.25, 0.3) is 0 Å². The Morgan fingerprint density at radius 2 is 2.14 bits per heavy atom. The molecule has 1 heterocycles. The molecule has 5 heteroatoms. The molecule has 0 radical (unpaired) electrons. The van der Waals surface area contributed by atoms with Gasteiger partial charge in [-0.05, 0) is 44.3 Å². The second-order valence-electron chi connectivity index (χ2n) is 5.58. The van der Waals surface area contributed by atoms with Crippen LogP contribution in [-0.2, 0) is 6.42 Å². The van der Waals surface area contributed by atoms with Crippen molar-refractivity contribution in [3.05, 3.63) is 35.9 Å². The predicted octanol–water partition coefficient (Wildman–Crippen LogP) is 1.68. The number of likely N-dealkylation sites (tertiary alicyclic amines) is 1. The first kappa shape index (κ1) is 15.8. The molecule has 116 valence electrons. The van der Waals surface area contributed by atoms with E-state index in [9.17, 15) is 9.90 Å². The topological polar surface area (TPSA) is 78.6 Å². The maximum Gasteiger partial charge on any atom is 0.407 e. The molecule has 5 nitrogen and oxygen atoms in total. The predicted molar refractivity (Wildman–Crippen MR) is 83.4 cm³/mol. The van der Waals surface area contributed by atoms with Gasteiger partial charge in [-0.15, -0.1) is 0 Å². The van der Waals surface area contributed by atoms with Gasteiger partial charge in [-0.25, -0.2) is 4.79 Å². The highest BCUT2D eigenvalue weighted by Gasteiger charge is 2.33. The van der Waals surface area contributed by atoms with E-state index in [4.69, 9.17) is 5.73 Å². The Morgan fingerprint density at radius 3 is 2.81 bits per heavy atom. The van der Waals surface area contributed by atoms with Crippen LogP contribution >= 0.6 is 0 Å². The molecule has 1 aliphatic rings. The lowest BCUT2D eigenvalue weighted by molar-refractivity contribution is 0.0893. The second-order valence-corrected chi connectivity index (χ2v) is 5.58.